The number of hydrogen-bond acceptors (Lipinski definition) is 6. The van der Waals surface area contributed by atoms with Crippen molar-refractivity contribution in [1.82, 2.24) is 10.2 Å². The van der Waals surface area contributed by atoms with Gasteiger partial charge < -0.3 is 9.52 Å². The number of carboxylic acids is 1. The molecule has 2 rings (SSSR count). The fourth-order valence-corrected chi connectivity index (χ4v) is 2.98. The van der Waals surface area contributed by atoms with Gasteiger partial charge in [-0.2, -0.15) is 0 Å². The van der Waals surface area contributed by atoms with Gasteiger partial charge >= 0.3 is 5.97 Å². The van der Waals surface area contributed by atoms with Gasteiger partial charge in [0.15, 0.2) is 9.84 Å². The van der Waals surface area contributed by atoms with Crippen molar-refractivity contribution in [3.63, 3.8) is 0 Å². The Morgan fingerprint density at radius 2 is 2.00 bits per heavy atom. The molecule has 1 aromatic carbocycles. The molecule has 0 radical (unpaired) electrons. The van der Waals surface area contributed by atoms with Gasteiger partial charge in [0.05, 0.1) is 15.5 Å². The molecule has 0 spiro atoms. The highest BCUT2D eigenvalue weighted by molar-refractivity contribution is 7.90. The summed E-state index contributed by atoms with van der Waals surface area (Å²) in [6.07, 6.45) is 0.497. The predicted octanol–water partition coefficient (Wildman–Crippen LogP) is 1.96. The predicted molar refractivity (Wildman–Crippen MR) is 73.0 cm³/mol. The van der Waals surface area contributed by atoms with Gasteiger partial charge in [-0.15, -0.1) is 10.2 Å². The van der Waals surface area contributed by atoms with Crippen LogP contribution in [0.3, 0.4) is 0 Å². The van der Waals surface area contributed by atoms with Crippen molar-refractivity contribution in [2.24, 2.45) is 0 Å². The fraction of sp³-hybridized carbons (Fsp3) is 0.250. The number of halogens is 1. The zero-order valence-corrected chi connectivity index (χ0v) is 12.5. The Morgan fingerprint density at radius 1 is 1.33 bits per heavy atom. The van der Waals surface area contributed by atoms with Gasteiger partial charge in [0, 0.05) is 6.42 Å². The smallest absolute Gasteiger partial charge is 0.337 e. The van der Waals surface area contributed by atoms with Gasteiger partial charge in [0.25, 0.3) is 0 Å². The first kappa shape index (κ1) is 15.5. The third-order valence-corrected chi connectivity index (χ3v) is 4.58. The second kappa shape index (κ2) is 5.82. The Kier molecular flexibility index (Phi) is 4.29. The average molecular weight is 331 g/mol. The van der Waals surface area contributed by atoms with Gasteiger partial charge in [0.2, 0.25) is 11.8 Å². The monoisotopic (exact) mass is 330 g/mol. The Morgan fingerprint density at radius 3 is 2.57 bits per heavy atom. The summed E-state index contributed by atoms with van der Waals surface area (Å²) < 4.78 is 29.6. The zero-order valence-electron chi connectivity index (χ0n) is 10.9. The number of nitrogens with zero attached hydrogens (tertiary/aromatic N) is 2. The van der Waals surface area contributed by atoms with Gasteiger partial charge in [-0.1, -0.05) is 18.5 Å². The van der Waals surface area contributed by atoms with E-state index in [1.807, 2.05) is 0 Å². The SMILES string of the molecule is CCc1nnc(CS(=O)(=O)c2ccc(Cl)c(C(=O)O)c2)o1. The largest absolute Gasteiger partial charge is 0.478 e. The molecule has 0 bridgehead atoms. The summed E-state index contributed by atoms with van der Waals surface area (Å²) >= 11 is 5.71. The van der Waals surface area contributed by atoms with Crippen molar-refractivity contribution < 1.29 is 22.7 Å². The fourth-order valence-electron chi connectivity index (χ4n) is 1.60. The van der Waals surface area contributed by atoms with E-state index in [4.69, 9.17) is 21.1 Å². The maximum Gasteiger partial charge on any atom is 0.337 e. The molecule has 21 heavy (non-hydrogen) atoms. The number of aromatic nitrogens is 2. The van der Waals surface area contributed by atoms with E-state index in [9.17, 15) is 13.2 Å². The number of hydrogen-bond donors (Lipinski definition) is 1. The molecule has 0 atom stereocenters. The van der Waals surface area contributed by atoms with Crippen LogP contribution in [0, 0.1) is 0 Å². The van der Waals surface area contributed by atoms with Gasteiger partial charge in [-0.05, 0) is 18.2 Å². The molecule has 0 fully saturated rings. The van der Waals surface area contributed by atoms with E-state index in [2.05, 4.69) is 10.2 Å². The third-order valence-electron chi connectivity index (χ3n) is 2.65. The average Bonchev–Trinajstić information content (AvgIpc) is 2.85. The summed E-state index contributed by atoms with van der Waals surface area (Å²) in [5.74, 6) is -1.51. The lowest BCUT2D eigenvalue weighted by Gasteiger charge is -2.04. The van der Waals surface area contributed by atoms with E-state index in [-0.39, 0.29) is 21.4 Å². The van der Waals surface area contributed by atoms with E-state index >= 15 is 0 Å². The highest BCUT2D eigenvalue weighted by Gasteiger charge is 2.22. The van der Waals surface area contributed by atoms with Crippen molar-refractivity contribution in [3.8, 4) is 0 Å². The van der Waals surface area contributed by atoms with Crippen LogP contribution in [-0.4, -0.2) is 29.7 Å². The molecule has 0 aliphatic rings. The van der Waals surface area contributed by atoms with Gasteiger partial charge in [0.1, 0.15) is 5.75 Å². The molecule has 112 valence electrons. The number of rotatable bonds is 5. The molecule has 0 aliphatic carbocycles. The van der Waals surface area contributed by atoms with Crippen LogP contribution in [0.25, 0.3) is 0 Å². The zero-order chi connectivity index (χ0) is 15.6. The van der Waals surface area contributed by atoms with Crippen LogP contribution in [0.5, 0.6) is 0 Å². The lowest BCUT2D eigenvalue weighted by molar-refractivity contribution is 0.0697. The summed E-state index contributed by atoms with van der Waals surface area (Å²) in [6.45, 7) is 1.80. The quantitative estimate of drug-likeness (QED) is 0.891. The number of sulfone groups is 1. The molecule has 7 nitrogen and oxygen atoms in total. The molecule has 9 heteroatoms. The number of carboxylic acid groups (broad SMARTS) is 1. The second-order valence-electron chi connectivity index (χ2n) is 4.15. The molecule has 0 saturated heterocycles. The summed E-state index contributed by atoms with van der Waals surface area (Å²) in [6, 6.07) is 3.47. The Hall–Kier alpha value is -1.93. The van der Waals surface area contributed by atoms with Crippen LogP contribution in [0.4, 0.5) is 0 Å². The second-order valence-corrected chi connectivity index (χ2v) is 6.55. The third kappa shape index (κ3) is 3.40. The van der Waals surface area contributed by atoms with E-state index in [1.165, 1.54) is 12.1 Å². The van der Waals surface area contributed by atoms with E-state index in [0.717, 1.165) is 6.07 Å². The van der Waals surface area contributed by atoms with Crippen LogP contribution in [0.2, 0.25) is 5.02 Å². The summed E-state index contributed by atoms with van der Waals surface area (Å²) in [5, 5.41) is 16.2. The topological polar surface area (TPSA) is 110 Å². The van der Waals surface area contributed by atoms with Crippen molar-refractivity contribution in [2.45, 2.75) is 24.0 Å². The van der Waals surface area contributed by atoms with Crippen molar-refractivity contribution in [1.29, 1.82) is 0 Å². The summed E-state index contributed by atoms with van der Waals surface area (Å²) in [5.41, 5.74) is -0.280. The molecule has 2 aromatic rings. The minimum Gasteiger partial charge on any atom is -0.478 e. The first-order valence-electron chi connectivity index (χ1n) is 5.90. The van der Waals surface area contributed by atoms with E-state index in [1.54, 1.807) is 6.92 Å². The lowest BCUT2D eigenvalue weighted by atomic mass is 10.2. The van der Waals surface area contributed by atoms with Crippen LogP contribution < -0.4 is 0 Å². The van der Waals surface area contributed by atoms with Crippen LogP contribution in [-0.2, 0) is 22.0 Å². The Balaban J connectivity index is 2.35. The highest BCUT2D eigenvalue weighted by atomic mass is 35.5. The van der Waals surface area contributed by atoms with Crippen molar-refractivity contribution in [3.05, 3.63) is 40.6 Å². The normalized spacial score (nSPS) is 11.5. The maximum atomic E-state index is 12.2. The van der Waals surface area contributed by atoms with Crippen LogP contribution >= 0.6 is 11.6 Å². The first-order valence-corrected chi connectivity index (χ1v) is 7.93. The summed E-state index contributed by atoms with van der Waals surface area (Å²) in [7, 11) is -3.80. The molecule has 0 amide bonds. The number of aromatic carboxylic acids is 1. The Labute approximate surface area is 125 Å². The molecule has 0 aliphatic heterocycles. The van der Waals surface area contributed by atoms with Crippen molar-refractivity contribution in [2.75, 3.05) is 0 Å². The van der Waals surface area contributed by atoms with E-state index < -0.39 is 21.6 Å². The molecule has 0 saturated carbocycles. The van der Waals surface area contributed by atoms with Gasteiger partial charge in [-0.25, -0.2) is 13.2 Å². The van der Waals surface area contributed by atoms with E-state index in [0.29, 0.717) is 12.3 Å². The maximum absolute atomic E-state index is 12.2. The van der Waals surface area contributed by atoms with Gasteiger partial charge in [-0.3, -0.25) is 0 Å². The standard InChI is InChI=1S/C12H11ClN2O5S/c1-2-10-14-15-11(20-10)6-21(18,19)7-3-4-9(13)8(5-7)12(16)17/h3-5H,2,6H2,1H3,(H,16,17). The first-order chi connectivity index (χ1) is 9.83. The summed E-state index contributed by atoms with van der Waals surface area (Å²) in [4.78, 5) is 10.8. The Bertz CT molecular complexity index is 785. The highest BCUT2D eigenvalue weighted by Crippen LogP contribution is 2.23. The minimum atomic E-state index is -3.80. The van der Waals surface area contributed by atoms with Crippen molar-refractivity contribution >= 4 is 27.4 Å². The minimum absolute atomic E-state index is 0.0347. The van der Waals surface area contributed by atoms with Crippen LogP contribution in [0.1, 0.15) is 29.1 Å². The molecule has 1 aromatic heterocycles. The lowest BCUT2D eigenvalue weighted by Crippen LogP contribution is -2.07. The molecular formula is C12H11ClN2O5S. The number of aryl methyl sites for hydroxylation is 1. The number of carbonyl (C=O) groups is 1. The number of benzene rings is 1. The van der Waals surface area contributed by atoms with Crippen LogP contribution in [0.15, 0.2) is 27.5 Å². The molecule has 0 unspecified atom stereocenters. The molecule has 1 heterocycles. The molecular weight excluding hydrogens is 320 g/mol. The molecule has 1 N–H and O–H groups in total.